The fourth-order valence-electron chi connectivity index (χ4n) is 4.82. The van der Waals surface area contributed by atoms with Crippen LogP contribution in [0.3, 0.4) is 0 Å². The summed E-state index contributed by atoms with van der Waals surface area (Å²) in [5.74, 6) is 0.658. The molecule has 1 aliphatic heterocycles. The maximum absolute atomic E-state index is 4.72. The van der Waals surface area contributed by atoms with E-state index in [4.69, 9.17) is 4.98 Å². The number of nitrogens with zero attached hydrogens (tertiary/aromatic N) is 3. The van der Waals surface area contributed by atoms with Crippen LogP contribution in [0.4, 0.5) is 0 Å². The van der Waals surface area contributed by atoms with Gasteiger partial charge in [0.15, 0.2) is 0 Å². The van der Waals surface area contributed by atoms with Gasteiger partial charge in [-0.1, -0.05) is 0 Å². The van der Waals surface area contributed by atoms with Gasteiger partial charge in [-0.25, -0.2) is 9.97 Å². The van der Waals surface area contributed by atoms with Crippen LogP contribution in [0.2, 0.25) is 0 Å². The number of hydrogen-bond acceptors (Lipinski definition) is 4. The predicted molar refractivity (Wildman–Crippen MR) is 108 cm³/mol. The lowest BCUT2D eigenvalue weighted by Gasteiger charge is -2.34. The molecule has 1 saturated heterocycles. The molecule has 0 aromatic carbocycles. The highest BCUT2D eigenvalue weighted by atomic mass is 32.1. The third kappa shape index (κ3) is 2.97. The van der Waals surface area contributed by atoms with Crippen LogP contribution in [0.25, 0.3) is 22.3 Å². The molecule has 0 atom stereocenters. The second-order valence-electron chi connectivity index (χ2n) is 7.87. The molecule has 5 rings (SSSR count). The Balaban J connectivity index is 1.38. The SMILES string of the molecule is Cc1nc(-c2c[nH]c3ncc([C@H]4CC[C@H](N5CCCC5)CC4)cc23)cs1. The fraction of sp³-hybridized carbons (Fsp3) is 0.524. The zero-order valence-electron chi connectivity index (χ0n) is 15.4. The highest BCUT2D eigenvalue weighted by Crippen LogP contribution is 2.37. The van der Waals surface area contributed by atoms with Crippen LogP contribution >= 0.6 is 11.3 Å². The molecule has 4 nitrogen and oxygen atoms in total. The summed E-state index contributed by atoms with van der Waals surface area (Å²) >= 11 is 1.71. The summed E-state index contributed by atoms with van der Waals surface area (Å²) in [4.78, 5) is 15.4. The van der Waals surface area contributed by atoms with Gasteiger partial charge in [0.05, 0.1) is 10.7 Å². The first-order valence-corrected chi connectivity index (χ1v) is 10.8. The second kappa shape index (κ2) is 6.78. The third-order valence-electron chi connectivity index (χ3n) is 6.27. The van der Waals surface area contributed by atoms with Crippen LogP contribution in [-0.4, -0.2) is 39.0 Å². The number of aryl methyl sites for hydroxylation is 1. The van der Waals surface area contributed by atoms with Gasteiger partial charge < -0.3 is 9.88 Å². The smallest absolute Gasteiger partial charge is 0.137 e. The van der Waals surface area contributed by atoms with Crippen LogP contribution in [0.5, 0.6) is 0 Å². The Bertz CT molecular complexity index is 898. The van der Waals surface area contributed by atoms with E-state index in [0.717, 1.165) is 22.4 Å². The number of H-pyrrole nitrogens is 1. The standard InChI is InChI=1S/C21H26N4S/c1-14-24-20(13-26-14)19-12-23-21-18(19)10-16(11-22-21)15-4-6-17(7-5-15)25-8-2-3-9-25/h10-13,15,17H,2-9H2,1H3,(H,22,23)/t15-,17-. The van der Waals surface area contributed by atoms with E-state index in [0.29, 0.717) is 5.92 Å². The van der Waals surface area contributed by atoms with Gasteiger partial charge in [-0.05, 0) is 76.1 Å². The molecule has 2 aliphatic rings. The number of pyridine rings is 1. The zero-order chi connectivity index (χ0) is 17.5. The Morgan fingerprint density at radius 1 is 1.15 bits per heavy atom. The van der Waals surface area contributed by atoms with E-state index >= 15 is 0 Å². The molecule has 0 radical (unpaired) electrons. The van der Waals surface area contributed by atoms with E-state index in [1.54, 1.807) is 11.3 Å². The lowest BCUT2D eigenvalue weighted by Crippen LogP contribution is -2.35. The van der Waals surface area contributed by atoms with Crippen molar-refractivity contribution in [3.8, 4) is 11.3 Å². The summed E-state index contributed by atoms with van der Waals surface area (Å²) in [7, 11) is 0. The van der Waals surface area contributed by atoms with E-state index in [1.165, 1.54) is 68.1 Å². The Labute approximate surface area is 158 Å². The minimum absolute atomic E-state index is 0.658. The average molecular weight is 367 g/mol. The molecule has 2 fully saturated rings. The highest BCUT2D eigenvalue weighted by Gasteiger charge is 2.28. The van der Waals surface area contributed by atoms with Crippen LogP contribution in [0.15, 0.2) is 23.8 Å². The van der Waals surface area contributed by atoms with Crippen molar-refractivity contribution >= 4 is 22.4 Å². The number of likely N-dealkylation sites (tertiary alicyclic amines) is 1. The van der Waals surface area contributed by atoms with Gasteiger partial charge in [-0.3, -0.25) is 0 Å². The number of rotatable bonds is 3. The number of nitrogens with one attached hydrogen (secondary N) is 1. The van der Waals surface area contributed by atoms with Gasteiger partial charge in [0.2, 0.25) is 0 Å². The molecule has 4 heterocycles. The monoisotopic (exact) mass is 366 g/mol. The number of thiazole rings is 1. The number of hydrogen-bond donors (Lipinski definition) is 1. The summed E-state index contributed by atoms with van der Waals surface area (Å²) in [6, 6.07) is 3.19. The van der Waals surface area contributed by atoms with Gasteiger partial charge in [-0.15, -0.1) is 11.3 Å². The first-order valence-electron chi connectivity index (χ1n) is 9.91. The van der Waals surface area contributed by atoms with Crippen molar-refractivity contribution in [2.75, 3.05) is 13.1 Å². The van der Waals surface area contributed by atoms with Crippen molar-refractivity contribution in [3.05, 3.63) is 34.4 Å². The van der Waals surface area contributed by atoms with Crippen molar-refractivity contribution < 1.29 is 0 Å². The molecule has 1 aliphatic carbocycles. The summed E-state index contributed by atoms with van der Waals surface area (Å²) < 4.78 is 0. The van der Waals surface area contributed by atoms with E-state index in [1.807, 2.05) is 0 Å². The van der Waals surface area contributed by atoms with Gasteiger partial charge in [0.1, 0.15) is 5.65 Å². The number of fused-ring (bicyclic) bond motifs is 1. The van der Waals surface area contributed by atoms with Gasteiger partial charge >= 0.3 is 0 Å². The highest BCUT2D eigenvalue weighted by molar-refractivity contribution is 7.09. The number of aromatic amines is 1. The molecule has 0 bridgehead atoms. The maximum atomic E-state index is 4.72. The van der Waals surface area contributed by atoms with Crippen LogP contribution < -0.4 is 0 Å². The molecule has 0 unspecified atom stereocenters. The molecule has 3 aromatic heterocycles. The Morgan fingerprint density at radius 3 is 2.69 bits per heavy atom. The summed E-state index contributed by atoms with van der Waals surface area (Å²) in [6.45, 7) is 4.71. The molecule has 136 valence electrons. The summed E-state index contributed by atoms with van der Waals surface area (Å²) in [5.41, 5.74) is 4.63. The first-order chi connectivity index (χ1) is 12.8. The van der Waals surface area contributed by atoms with Crippen molar-refractivity contribution in [2.24, 2.45) is 0 Å². The Kier molecular flexibility index (Phi) is 4.29. The van der Waals surface area contributed by atoms with Crippen LogP contribution in [0, 0.1) is 6.92 Å². The minimum atomic E-state index is 0.658. The molecule has 5 heteroatoms. The maximum Gasteiger partial charge on any atom is 0.137 e. The average Bonchev–Trinajstić information content (AvgIpc) is 3.42. The van der Waals surface area contributed by atoms with E-state index in [-0.39, 0.29) is 0 Å². The topological polar surface area (TPSA) is 44.8 Å². The van der Waals surface area contributed by atoms with E-state index < -0.39 is 0 Å². The van der Waals surface area contributed by atoms with Crippen molar-refractivity contribution in [3.63, 3.8) is 0 Å². The normalized spacial score (nSPS) is 24.5. The molecule has 1 saturated carbocycles. The third-order valence-corrected chi connectivity index (χ3v) is 7.05. The summed E-state index contributed by atoms with van der Waals surface area (Å²) in [6.07, 6.45) is 12.2. The van der Waals surface area contributed by atoms with Crippen molar-refractivity contribution in [1.82, 2.24) is 19.9 Å². The molecular formula is C21H26N4S. The lowest BCUT2D eigenvalue weighted by atomic mass is 9.81. The summed E-state index contributed by atoms with van der Waals surface area (Å²) in [5, 5.41) is 4.47. The van der Waals surface area contributed by atoms with Gasteiger partial charge in [-0.2, -0.15) is 0 Å². The van der Waals surface area contributed by atoms with Gasteiger partial charge in [0, 0.05) is 34.8 Å². The number of aromatic nitrogens is 3. The van der Waals surface area contributed by atoms with Crippen LogP contribution in [-0.2, 0) is 0 Å². The van der Waals surface area contributed by atoms with E-state index in [2.05, 4.69) is 45.6 Å². The fourth-order valence-corrected chi connectivity index (χ4v) is 5.44. The first kappa shape index (κ1) is 16.5. The largest absolute Gasteiger partial charge is 0.345 e. The Morgan fingerprint density at radius 2 is 1.96 bits per heavy atom. The minimum Gasteiger partial charge on any atom is -0.345 e. The van der Waals surface area contributed by atoms with E-state index in [9.17, 15) is 0 Å². The Hall–Kier alpha value is -1.72. The zero-order valence-corrected chi connectivity index (χ0v) is 16.2. The lowest BCUT2D eigenvalue weighted by molar-refractivity contribution is 0.182. The molecule has 1 N–H and O–H groups in total. The molecular weight excluding hydrogens is 340 g/mol. The predicted octanol–water partition coefficient (Wildman–Crippen LogP) is 5.12. The van der Waals surface area contributed by atoms with Crippen molar-refractivity contribution in [1.29, 1.82) is 0 Å². The molecule has 3 aromatic rings. The molecule has 0 spiro atoms. The quantitative estimate of drug-likeness (QED) is 0.700. The van der Waals surface area contributed by atoms with Crippen molar-refractivity contribution in [2.45, 2.75) is 57.4 Å². The van der Waals surface area contributed by atoms with Crippen LogP contribution in [0.1, 0.15) is 55.0 Å². The molecule has 0 amide bonds. The second-order valence-corrected chi connectivity index (χ2v) is 8.93. The van der Waals surface area contributed by atoms with Gasteiger partial charge in [0.25, 0.3) is 0 Å². The molecule has 26 heavy (non-hydrogen) atoms.